The Bertz CT molecular complexity index is 307. The Morgan fingerprint density at radius 2 is 2.29 bits per heavy atom. The third-order valence-corrected chi connectivity index (χ3v) is 1.72. The molecule has 0 bridgehead atoms. The van der Waals surface area contributed by atoms with Gasteiger partial charge in [0.2, 0.25) is 0 Å². The summed E-state index contributed by atoms with van der Waals surface area (Å²) in [5.41, 5.74) is 0.691. The van der Waals surface area contributed by atoms with E-state index < -0.39 is 0 Å². The average Bonchev–Trinajstić information content (AvgIpc) is 2.19. The topological polar surface area (TPSA) is 38.7 Å². The third-order valence-electron chi connectivity index (χ3n) is 1.72. The first-order valence-electron chi connectivity index (χ1n) is 4.50. The van der Waals surface area contributed by atoms with Gasteiger partial charge in [-0.05, 0) is 25.5 Å². The van der Waals surface area contributed by atoms with Crippen LogP contribution in [0, 0.1) is 0 Å². The van der Waals surface area contributed by atoms with Gasteiger partial charge in [0.15, 0.2) is 5.75 Å². The number of aromatic hydroxyl groups is 1. The van der Waals surface area contributed by atoms with Gasteiger partial charge >= 0.3 is 0 Å². The summed E-state index contributed by atoms with van der Waals surface area (Å²) in [6.07, 6.45) is 2.25. The Labute approximate surface area is 83.5 Å². The van der Waals surface area contributed by atoms with Crippen LogP contribution in [0.2, 0.25) is 0 Å². The van der Waals surface area contributed by atoms with Gasteiger partial charge in [0.25, 0.3) is 0 Å². The molecule has 0 spiro atoms. The lowest BCUT2D eigenvalue weighted by Crippen LogP contribution is -1.99. The second-order valence-electron chi connectivity index (χ2n) is 2.74. The Morgan fingerprint density at radius 1 is 1.50 bits per heavy atom. The molecule has 0 unspecified atom stereocenters. The van der Waals surface area contributed by atoms with Crippen molar-refractivity contribution in [2.24, 2.45) is 0 Å². The van der Waals surface area contributed by atoms with Crippen LogP contribution in [-0.4, -0.2) is 11.7 Å². The fraction of sp³-hybridized carbons (Fsp3) is 0.273. The van der Waals surface area contributed by atoms with Crippen LogP contribution in [0.5, 0.6) is 11.5 Å². The van der Waals surface area contributed by atoms with Crippen molar-refractivity contribution in [1.82, 2.24) is 0 Å². The van der Waals surface area contributed by atoms with Crippen LogP contribution in [0.1, 0.15) is 12.5 Å². The highest BCUT2D eigenvalue weighted by Gasteiger charge is 2.07. The van der Waals surface area contributed by atoms with Crippen molar-refractivity contribution in [3.8, 4) is 11.5 Å². The van der Waals surface area contributed by atoms with Gasteiger partial charge in [-0.3, -0.25) is 0 Å². The molecule has 0 aliphatic carbocycles. The molecule has 14 heavy (non-hydrogen) atoms. The molecule has 3 nitrogen and oxygen atoms in total. The Morgan fingerprint density at radius 3 is 2.93 bits per heavy atom. The minimum Gasteiger partial charge on any atom is -0.508 e. The molecule has 0 aromatic heterocycles. The first kappa shape index (κ1) is 10.6. The van der Waals surface area contributed by atoms with Crippen molar-refractivity contribution in [2.45, 2.75) is 13.3 Å². The van der Waals surface area contributed by atoms with Crippen LogP contribution in [-0.2, 0) is 11.3 Å². The second kappa shape index (κ2) is 5.29. The van der Waals surface area contributed by atoms with E-state index in [-0.39, 0.29) is 5.75 Å². The highest BCUT2D eigenvalue weighted by molar-refractivity contribution is 5.44. The molecule has 1 rings (SSSR count). The molecule has 76 valence electrons. The highest BCUT2D eigenvalue weighted by Crippen LogP contribution is 2.28. The summed E-state index contributed by atoms with van der Waals surface area (Å²) < 4.78 is 0. The average molecular weight is 194 g/mol. The van der Waals surface area contributed by atoms with E-state index in [2.05, 4.69) is 6.58 Å². The lowest BCUT2D eigenvalue weighted by atomic mass is 10.1. The lowest BCUT2D eigenvalue weighted by Gasteiger charge is -2.08. The maximum absolute atomic E-state index is 9.54. The molecule has 0 radical (unpaired) electrons. The smallest absolute Gasteiger partial charge is 0.172 e. The van der Waals surface area contributed by atoms with E-state index in [1.54, 1.807) is 24.3 Å². The van der Waals surface area contributed by atoms with Crippen molar-refractivity contribution >= 4 is 0 Å². The number of phenols is 1. The van der Waals surface area contributed by atoms with E-state index in [0.29, 0.717) is 24.3 Å². The standard InChI is InChI=1S/C11H14O3/c1-3-6-9-10(12)7-5-8-11(9)14-13-4-2/h3,5,7-8,12H,1,4,6H2,2H3. The van der Waals surface area contributed by atoms with Gasteiger partial charge in [0, 0.05) is 5.56 Å². The van der Waals surface area contributed by atoms with Gasteiger partial charge < -0.3 is 9.99 Å². The molecule has 0 heterocycles. The molecule has 0 saturated heterocycles. The molecular weight excluding hydrogens is 180 g/mol. The van der Waals surface area contributed by atoms with Gasteiger partial charge in [0.1, 0.15) is 5.75 Å². The monoisotopic (exact) mass is 194 g/mol. The van der Waals surface area contributed by atoms with Crippen LogP contribution >= 0.6 is 0 Å². The second-order valence-corrected chi connectivity index (χ2v) is 2.74. The van der Waals surface area contributed by atoms with Crippen LogP contribution < -0.4 is 4.89 Å². The minimum atomic E-state index is 0.196. The maximum Gasteiger partial charge on any atom is 0.172 e. The van der Waals surface area contributed by atoms with Gasteiger partial charge in [-0.25, -0.2) is 0 Å². The number of phenolic OH excluding ortho intramolecular Hbond substituents is 1. The van der Waals surface area contributed by atoms with Gasteiger partial charge in [-0.2, -0.15) is 4.89 Å². The van der Waals surface area contributed by atoms with Crippen molar-refractivity contribution in [3.05, 3.63) is 36.4 Å². The van der Waals surface area contributed by atoms with Crippen LogP contribution in [0.3, 0.4) is 0 Å². The van der Waals surface area contributed by atoms with E-state index in [0.717, 1.165) is 0 Å². The summed E-state index contributed by atoms with van der Waals surface area (Å²) in [4.78, 5) is 9.83. The molecule has 3 heteroatoms. The minimum absolute atomic E-state index is 0.196. The molecule has 0 aliphatic rings. The number of hydrogen-bond donors (Lipinski definition) is 1. The Kier molecular flexibility index (Phi) is 4.01. The molecule has 0 amide bonds. The summed E-state index contributed by atoms with van der Waals surface area (Å²) in [7, 11) is 0. The first-order valence-corrected chi connectivity index (χ1v) is 4.50. The zero-order valence-corrected chi connectivity index (χ0v) is 8.19. The van der Waals surface area contributed by atoms with Crippen LogP contribution in [0.15, 0.2) is 30.9 Å². The van der Waals surface area contributed by atoms with E-state index >= 15 is 0 Å². The Balaban J connectivity index is 2.89. The number of rotatable bonds is 5. The number of benzene rings is 1. The van der Waals surface area contributed by atoms with Crippen molar-refractivity contribution in [2.75, 3.05) is 6.61 Å². The van der Waals surface area contributed by atoms with Crippen LogP contribution in [0.4, 0.5) is 0 Å². The molecule has 0 aliphatic heterocycles. The fourth-order valence-corrected chi connectivity index (χ4v) is 1.10. The largest absolute Gasteiger partial charge is 0.508 e. The van der Waals surface area contributed by atoms with E-state index in [9.17, 15) is 5.11 Å². The van der Waals surface area contributed by atoms with Gasteiger partial charge in [-0.1, -0.05) is 12.1 Å². The fourth-order valence-electron chi connectivity index (χ4n) is 1.10. The summed E-state index contributed by atoms with van der Waals surface area (Å²) >= 11 is 0. The van der Waals surface area contributed by atoms with Gasteiger partial charge in [0.05, 0.1) is 6.61 Å². The number of allylic oxidation sites excluding steroid dienone is 1. The summed E-state index contributed by atoms with van der Waals surface area (Å²) in [6.45, 7) is 5.90. The molecule has 1 aromatic carbocycles. The van der Waals surface area contributed by atoms with Crippen LogP contribution in [0.25, 0.3) is 0 Å². The molecule has 1 aromatic rings. The zero-order chi connectivity index (χ0) is 10.4. The van der Waals surface area contributed by atoms with Crippen molar-refractivity contribution in [1.29, 1.82) is 0 Å². The molecule has 0 atom stereocenters. The molecule has 0 fully saturated rings. The molecule has 0 saturated carbocycles. The maximum atomic E-state index is 9.54. The zero-order valence-electron chi connectivity index (χ0n) is 8.19. The van der Waals surface area contributed by atoms with E-state index in [1.807, 2.05) is 6.92 Å². The molecule has 1 N–H and O–H groups in total. The quantitative estimate of drug-likeness (QED) is 0.444. The summed E-state index contributed by atoms with van der Waals surface area (Å²) in [5.74, 6) is 0.730. The first-order chi connectivity index (χ1) is 6.79. The lowest BCUT2D eigenvalue weighted by molar-refractivity contribution is -0.202. The predicted molar refractivity (Wildman–Crippen MR) is 54.3 cm³/mol. The summed E-state index contributed by atoms with van der Waals surface area (Å²) in [6, 6.07) is 5.06. The SMILES string of the molecule is C=CCc1c(O)cccc1OOCC. The van der Waals surface area contributed by atoms with E-state index in [4.69, 9.17) is 9.78 Å². The predicted octanol–water partition coefficient (Wildman–Crippen LogP) is 2.45. The highest BCUT2D eigenvalue weighted by atomic mass is 17.2. The number of hydrogen-bond acceptors (Lipinski definition) is 3. The summed E-state index contributed by atoms with van der Waals surface area (Å²) in [5, 5.41) is 9.54. The van der Waals surface area contributed by atoms with Crippen molar-refractivity contribution in [3.63, 3.8) is 0 Å². The molecular formula is C11H14O3. The van der Waals surface area contributed by atoms with Gasteiger partial charge in [-0.15, -0.1) is 6.58 Å². The normalized spacial score (nSPS) is 9.79. The Hall–Kier alpha value is -1.48. The van der Waals surface area contributed by atoms with E-state index in [1.165, 1.54) is 0 Å². The van der Waals surface area contributed by atoms with Crippen molar-refractivity contribution < 1.29 is 14.9 Å². The third kappa shape index (κ3) is 2.50.